The van der Waals surface area contributed by atoms with Crippen LogP contribution >= 0.6 is 0 Å². The normalized spacial score (nSPS) is 17.4. The van der Waals surface area contributed by atoms with E-state index in [1.165, 1.54) is 29.8 Å². The van der Waals surface area contributed by atoms with Crippen LogP contribution in [0.5, 0.6) is 0 Å². The van der Waals surface area contributed by atoms with Gasteiger partial charge in [-0.05, 0) is 54.5 Å². The van der Waals surface area contributed by atoms with Gasteiger partial charge in [-0.1, -0.05) is 43.3 Å². The highest BCUT2D eigenvalue weighted by Gasteiger charge is 2.35. The number of nitrogens with zero attached hydrogens (tertiary/aromatic N) is 2. The van der Waals surface area contributed by atoms with Gasteiger partial charge in [0.25, 0.3) is 5.56 Å². The van der Waals surface area contributed by atoms with Crippen LogP contribution in [0.1, 0.15) is 44.1 Å². The number of rotatable bonds is 5. The van der Waals surface area contributed by atoms with E-state index >= 15 is 0 Å². The molecule has 4 aromatic rings. The molecular weight excluding hydrogens is 422 g/mol. The molecule has 0 spiro atoms. The molecular formula is C26H28F2N4O. The number of hydrogen-bond acceptors (Lipinski definition) is 4. The van der Waals surface area contributed by atoms with Crippen molar-refractivity contribution >= 4 is 16.5 Å². The van der Waals surface area contributed by atoms with Crippen molar-refractivity contribution < 1.29 is 11.6 Å². The monoisotopic (exact) mass is 450 g/mol. The smallest absolute Gasteiger partial charge is 0.272 e. The first-order valence-electron chi connectivity index (χ1n) is 11.0. The lowest BCUT2D eigenvalue weighted by Gasteiger charge is -2.35. The number of halogens is 2. The van der Waals surface area contributed by atoms with E-state index in [2.05, 4.69) is 58.7 Å². The molecule has 2 unspecified atom stereocenters. The van der Waals surface area contributed by atoms with E-state index in [-0.39, 0.29) is 26.0 Å². The minimum absolute atomic E-state index is 0. The molecule has 1 aromatic heterocycles. The van der Waals surface area contributed by atoms with Crippen molar-refractivity contribution in [1.29, 1.82) is 0 Å². The van der Waals surface area contributed by atoms with E-state index in [1.54, 1.807) is 12.1 Å². The molecule has 33 heavy (non-hydrogen) atoms. The largest absolute Gasteiger partial charge is 0.377 e. The standard InChI is InChI=1S/C26H24F2N4O.2H2/c1-3-32(2)14-15-4-6-16(7-5-15)22-24(17-8-10-18(27)11-9-17)29-21-13-19(28)12-20-23(21)25(22)30-31-26(20)33;;/h4-13,22,24,29H,3,14H2,1-2H3,(H,31,33);2*1H. The maximum absolute atomic E-state index is 14.3. The molecule has 1 aliphatic rings. The average molecular weight is 451 g/mol. The van der Waals surface area contributed by atoms with E-state index in [0.29, 0.717) is 16.8 Å². The van der Waals surface area contributed by atoms with Gasteiger partial charge in [0.2, 0.25) is 0 Å². The van der Waals surface area contributed by atoms with Gasteiger partial charge >= 0.3 is 0 Å². The quantitative estimate of drug-likeness (QED) is 0.425. The van der Waals surface area contributed by atoms with Crippen molar-refractivity contribution in [2.75, 3.05) is 18.9 Å². The van der Waals surface area contributed by atoms with Gasteiger partial charge in [-0.15, -0.1) is 0 Å². The molecule has 0 bridgehead atoms. The zero-order chi connectivity index (χ0) is 23.1. The summed E-state index contributed by atoms with van der Waals surface area (Å²) in [6.07, 6.45) is 0. The third-order valence-corrected chi connectivity index (χ3v) is 6.38. The summed E-state index contributed by atoms with van der Waals surface area (Å²) >= 11 is 0. The van der Waals surface area contributed by atoms with Crippen molar-refractivity contribution in [3.05, 3.63) is 105 Å². The number of nitrogens with one attached hydrogen (secondary N) is 2. The van der Waals surface area contributed by atoms with Crippen LogP contribution in [-0.2, 0) is 6.54 Å². The lowest BCUT2D eigenvalue weighted by molar-refractivity contribution is 0.346. The Morgan fingerprint density at radius 1 is 1.00 bits per heavy atom. The van der Waals surface area contributed by atoms with Gasteiger partial charge < -0.3 is 10.2 Å². The summed E-state index contributed by atoms with van der Waals surface area (Å²) in [6.45, 7) is 3.90. The maximum Gasteiger partial charge on any atom is 0.272 e. The van der Waals surface area contributed by atoms with Gasteiger partial charge in [-0.2, -0.15) is 5.10 Å². The van der Waals surface area contributed by atoms with Gasteiger partial charge in [-0.25, -0.2) is 13.9 Å². The molecule has 2 atom stereocenters. The van der Waals surface area contributed by atoms with Crippen LogP contribution in [-0.4, -0.2) is 28.7 Å². The average Bonchev–Trinajstić information content (AvgIpc) is 2.81. The van der Waals surface area contributed by atoms with Crippen molar-refractivity contribution in [3.63, 3.8) is 0 Å². The van der Waals surface area contributed by atoms with Gasteiger partial charge in [-0.3, -0.25) is 4.79 Å². The SMILES string of the molecule is CCN(C)Cc1ccc(C2c3n[nH]c(=O)c4cc(F)cc(c34)NC2c2ccc(F)cc2)cc1.[HH].[HH]. The maximum atomic E-state index is 14.3. The molecule has 0 aliphatic carbocycles. The first-order chi connectivity index (χ1) is 15.9. The second kappa shape index (κ2) is 8.41. The Kier molecular flexibility index (Phi) is 5.42. The van der Waals surface area contributed by atoms with Crippen LogP contribution in [0.15, 0.2) is 65.5 Å². The second-order valence-electron chi connectivity index (χ2n) is 8.54. The predicted octanol–water partition coefficient (Wildman–Crippen LogP) is 5.44. The summed E-state index contributed by atoms with van der Waals surface area (Å²) in [5, 5.41) is 11.2. The van der Waals surface area contributed by atoms with Crippen LogP contribution in [0.4, 0.5) is 14.5 Å². The Morgan fingerprint density at radius 2 is 1.70 bits per heavy atom. The Balaban J connectivity index is 0.00000171. The summed E-state index contributed by atoms with van der Waals surface area (Å²) in [7, 11) is 2.07. The molecule has 0 amide bonds. The lowest BCUT2D eigenvalue weighted by atomic mass is 9.80. The van der Waals surface area contributed by atoms with Gasteiger partial charge in [0.15, 0.2) is 0 Å². The Bertz CT molecular complexity index is 1380. The Hall–Kier alpha value is -3.58. The number of hydrogen-bond donors (Lipinski definition) is 2. The zero-order valence-corrected chi connectivity index (χ0v) is 18.4. The molecule has 5 rings (SSSR count). The number of benzene rings is 3. The fraction of sp³-hybridized carbons (Fsp3) is 0.231. The van der Waals surface area contributed by atoms with Crippen molar-refractivity contribution in [2.24, 2.45) is 0 Å². The molecule has 1 aliphatic heterocycles. The summed E-state index contributed by atoms with van der Waals surface area (Å²) in [6, 6.07) is 16.9. The number of aromatic amines is 1. The van der Waals surface area contributed by atoms with E-state index in [4.69, 9.17) is 0 Å². The van der Waals surface area contributed by atoms with Crippen molar-refractivity contribution in [2.45, 2.75) is 25.4 Å². The Morgan fingerprint density at radius 3 is 2.39 bits per heavy atom. The van der Waals surface area contributed by atoms with Gasteiger partial charge in [0.05, 0.1) is 23.0 Å². The first kappa shape index (κ1) is 21.3. The molecule has 0 fully saturated rings. The molecule has 172 valence electrons. The van der Waals surface area contributed by atoms with Crippen LogP contribution in [0.3, 0.4) is 0 Å². The molecule has 0 saturated heterocycles. The molecule has 2 heterocycles. The van der Waals surface area contributed by atoms with Gasteiger partial charge in [0.1, 0.15) is 11.6 Å². The Labute approximate surface area is 193 Å². The van der Waals surface area contributed by atoms with Crippen LogP contribution in [0.25, 0.3) is 10.8 Å². The molecule has 2 N–H and O–H groups in total. The van der Waals surface area contributed by atoms with Crippen molar-refractivity contribution in [3.8, 4) is 0 Å². The predicted molar refractivity (Wildman–Crippen MR) is 130 cm³/mol. The molecule has 3 aromatic carbocycles. The summed E-state index contributed by atoms with van der Waals surface area (Å²) in [5.41, 5.74) is 3.75. The number of anilines is 1. The van der Waals surface area contributed by atoms with E-state index in [0.717, 1.165) is 24.2 Å². The topological polar surface area (TPSA) is 61.0 Å². The molecule has 0 radical (unpaired) electrons. The van der Waals surface area contributed by atoms with Crippen LogP contribution in [0.2, 0.25) is 0 Å². The molecule has 0 saturated carbocycles. The highest BCUT2D eigenvalue weighted by Crippen LogP contribution is 2.46. The minimum atomic E-state index is -0.506. The summed E-state index contributed by atoms with van der Waals surface area (Å²) < 4.78 is 28.0. The van der Waals surface area contributed by atoms with Crippen LogP contribution < -0.4 is 10.9 Å². The highest BCUT2D eigenvalue weighted by molar-refractivity contribution is 5.97. The summed E-state index contributed by atoms with van der Waals surface area (Å²) in [4.78, 5) is 14.6. The van der Waals surface area contributed by atoms with Crippen LogP contribution in [0, 0.1) is 11.6 Å². The highest BCUT2D eigenvalue weighted by atomic mass is 19.1. The molecule has 5 nitrogen and oxygen atoms in total. The van der Waals surface area contributed by atoms with Gasteiger partial charge in [0, 0.05) is 20.5 Å². The fourth-order valence-electron chi connectivity index (χ4n) is 4.59. The minimum Gasteiger partial charge on any atom is -0.377 e. The first-order valence-corrected chi connectivity index (χ1v) is 11.0. The fourth-order valence-corrected chi connectivity index (χ4v) is 4.59. The van der Waals surface area contributed by atoms with Crippen molar-refractivity contribution in [1.82, 2.24) is 15.1 Å². The zero-order valence-electron chi connectivity index (χ0n) is 18.4. The molecule has 7 heteroatoms. The lowest BCUT2D eigenvalue weighted by Crippen LogP contribution is -2.28. The number of H-pyrrole nitrogens is 1. The third kappa shape index (κ3) is 3.89. The second-order valence-corrected chi connectivity index (χ2v) is 8.54. The van der Waals surface area contributed by atoms with E-state index < -0.39 is 11.4 Å². The van der Waals surface area contributed by atoms with E-state index in [9.17, 15) is 13.6 Å². The van der Waals surface area contributed by atoms with E-state index in [1.807, 2.05) is 0 Å². The summed E-state index contributed by atoms with van der Waals surface area (Å²) in [5.74, 6) is -1.11. The third-order valence-electron chi connectivity index (χ3n) is 6.38. The number of aromatic nitrogens is 2.